The molecule has 0 N–H and O–H groups in total. The molecule has 0 aromatic heterocycles. The summed E-state index contributed by atoms with van der Waals surface area (Å²) < 4.78 is 98.8. The van der Waals surface area contributed by atoms with Gasteiger partial charge in [0.1, 0.15) is 5.75 Å². The highest BCUT2D eigenvalue weighted by molar-refractivity contribution is 5.34. The average Bonchev–Trinajstić information content (AvgIpc) is 2.68. The first kappa shape index (κ1) is 22.7. The fourth-order valence-corrected chi connectivity index (χ4v) is 3.69. The van der Waals surface area contributed by atoms with Crippen LogP contribution in [-0.4, -0.2) is 19.6 Å². The molecule has 2 fully saturated rings. The maximum atomic E-state index is 14.5. The van der Waals surface area contributed by atoms with Gasteiger partial charge >= 0.3 is 12.5 Å². The third-order valence-corrected chi connectivity index (χ3v) is 5.63. The topological polar surface area (TPSA) is 36.9 Å². The van der Waals surface area contributed by atoms with Gasteiger partial charge in [-0.05, 0) is 30.2 Å². The Labute approximate surface area is 180 Å². The number of ether oxygens (including phenoxy) is 4. The predicted molar refractivity (Wildman–Crippen MR) is 99.5 cm³/mol. The third kappa shape index (κ3) is 5.29. The molecule has 174 valence electrons. The third-order valence-electron chi connectivity index (χ3n) is 5.63. The molecule has 0 radical (unpaired) electrons. The number of hydrogen-bond acceptors (Lipinski definition) is 4. The quantitative estimate of drug-likeness (QED) is 0.471. The second-order valence-corrected chi connectivity index (χ2v) is 7.83. The van der Waals surface area contributed by atoms with Gasteiger partial charge in [-0.1, -0.05) is 31.4 Å². The number of rotatable bonds is 6. The van der Waals surface area contributed by atoms with Crippen LogP contribution < -0.4 is 9.47 Å². The highest BCUT2D eigenvalue weighted by atomic mass is 19.4. The summed E-state index contributed by atoms with van der Waals surface area (Å²) in [6, 6.07) is 6.80. The first-order chi connectivity index (χ1) is 15.1. The SMILES string of the molecule is Fc1cc(OC(F)(F)c2ccc(C3OCC(C4CCC4)CO3)cc2)ccc1OC(F)(F)F. The van der Waals surface area contributed by atoms with Gasteiger partial charge in [-0.25, -0.2) is 4.39 Å². The lowest BCUT2D eigenvalue weighted by Crippen LogP contribution is -2.35. The highest BCUT2D eigenvalue weighted by Gasteiger charge is 2.37. The van der Waals surface area contributed by atoms with Crippen molar-refractivity contribution in [2.45, 2.75) is 38.0 Å². The summed E-state index contributed by atoms with van der Waals surface area (Å²) in [5, 5.41) is 0. The average molecular weight is 462 g/mol. The van der Waals surface area contributed by atoms with Crippen molar-refractivity contribution < 1.29 is 45.3 Å². The summed E-state index contributed by atoms with van der Waals surface area (Å²) in [5.41, 5.74) is 0.0386. The van der Waals surface area contributed by atoms with E-state index in [1.54, 1.807) is 0 Å². The summed E-state index contributed by atoms with van der Waals surface area (Å²) in [6.45, 7) is 1.10. The van der Waals surface area contributed by atoms with Crippen LogP contribution >= 0.6 is 0 Å². The van der Waals surface area contributed by atoms with Gasteiger partial charge in [0, 0.05) is 17.5 Å². The summed E-state index contributed by atoms with van der Waals surface area (Å²) in [4.78, 5) is 0. The fraction of sp³-hybridized carbons (Fsp3) is 0.455. The highest BCUT2D eigenvalue weighted by Crippen LogP contribution is 2.39. The number of halogens is 6. The number of hydrogen-bond donors (Lipinski definition) is 0. The minimum atomic E-state index is -5.11. The van der Waals surface area contributed by atoms with Crippen molar-refractivity contribution in [3.8, 4) is 11.5 Å². The molecule has 1 saturated heterocycles. The Morgan fingerprint density at radius 2 is 1.47 bits per heavy atom. The van der Waals surface area contributed by atoms with Crippen molar-refractivity contribution in [2.24, 2.45) is 11.8 Å². The van der Waals surface area contributed by atoms with E-state index in [1.165, 1.54) is 31.4 Å². The van der Waals surface area contributed by atoms with Crippen LogP contribution in [0.1, 0.15) is 36.7 Å². The molecular formula is C22H20F6O4. The molecule has 1 aliphatic carbocycles. The number of benzene rings is 2. The Morgan fingerprint density at radius 1 is 0.812 bits per heavy atom. The largest absolute Gasteiger partial charge is 0.573 e. The van der Waals surface area contributed by atoms with E-state index >= 15 is 0 Å². The van der Waals surface area contributed by atoms with Gasteiger partial charge in [0.05, 0.1) is 18.8 Å². The van der Waals surface area contributed by atoms with Gasteiger partial charge < -0.3 is 18.9 Å². The first-order valence-corrected chi connectivity index (χ1v) is 10.1. The van der Waals surface area contributed by atoms with Crippen molar-refractivity contribution in [2.75, 3.05) is 13.2 Å². The van der Waals surface area contributed by atoms with Crippen LogP contribution in [0.2, 0.25) is 0 Å². The zero-order chi connectivity index (χ0) is 22.9. The van der Waals surface area contributed by atoms with Crippen molar-refractivity contribution in [3.05, 3.63) is 59.4 Å². The maximum Gasteiger partial charge on any atom is 0.573 e. The van der Waals surface area contributed by atoms with Crippen molar-refractivity contribution in [1.29, 1.82) is 0 Å². The number of alkyl halides is 5. The van der Waals surface area contributed by atoms with E-state index in [1.807, 2.05) is 0 Å². The Kier molecular flexibility index (Phi) is 6.26. The zero-order valence-corrected chi connectivity index (χ0v) is 16.7. The Morgan fingerprint density at radius 3 is 2.00 bits per heavy atom. The molecule has 0 atom stereocenters. The molecule has 0 bridgehead atoms. The summed E-state index contributed by atoms with van der Waals surface area (Å²) in [5.74, 6) is -2.33. The smallest absolute Gasteiger partial charge is 0.429 e. The normalized spacial score (nSPS) is 22.3. The molecule has 0 amide bonds. The van der Waals surface area contributed by atoms with E-state index in [2.05, 4.69) is 9.47 Å². The summed E-state index contributed by atoms with van der Waals surface area (Å²) >= 11 is 0. The van der Waals surface area contributed by atoms with Crippen molar-refractivity contribution in [3.63, 3.8) is 0 Å². The van der Waals surface area contributed by atoms with Crippen molar-refractivity contribution in [1.82, 2.24) is 0 Å². The lowest BCUT2D eigenvalue weighted by Gasteiger charge is -2.38. The Balaban J connectivity index is 1.38. The lowest BCUT2D eigenvalue weighted by molar-refractivity contribution is -0.275. The van der Waals surface area contributed by atoms with Gasteiger partial charge in [0.25, 0.3) is 0 Å². The van der Waals surface area contributed by atoms with Gasteiger partial charge in [-0.3, -0.25) is 0 Å². The molecule has 2 aromatic rings. The summed E-state index contributed by atoms with van der Waals surface area (Å²) in [6.07, 6.45) is -6.05. The van der Waals surface area contributed by atoms with Gasteiger partial charge in [-0.15, -0.1) is 13.2 Å². The van der Waals surface area contributed by atoms with E-state index in [0.717, 1.165) is 18.2 Å². The predicted octanol–water partition coefficient (Wildman–Crippen LogP) is 6.31. The second kappa shape index (κ2) is 8.82. The van der Waals surface area contributed by atoms with Crippen LogP contribution in [0.4, 0.5) is 26.3 Å². The molecule has 10 heteroatoms. The molecule has 4 rings (SSSR count). The second-order valence-electron chi connectivity index (χ2n) is 7.83. The molecule has 0 unspecified atom stereocenters. The lowest BCUT2D eigenvalue weighted by atomic mass is 9.76. The van der Waals surface area contributed by atoms with Crippen LogP contribution in [0, 0.1) is 17.7 Å². The minimum Gasteiger partial charge on any atom is -0.429 e. The van der Waals surface area contributed by atoms with E-state index in [-0.39, 0.29) is 0 Å². The molecule has 0 spiro atoms. The molecule has 1 heterocycles. The molecule has 4 nitrogen and oxygen atoms in total. The molecule has 2 aromatic carbocycles. The fourth-order valence-electron chi connectivity index (χ4n) is 3.69. The minimum absolute atomic E-state index is 0.352. The molecule has 1 saturated carbocycles. The zero-order valence-electron chi connectivity index (χ0n) is 16.7. The van der Waals surface area contributed by atoms with Gasteiger partial charge in [-0.2, -0.15) is 8.78 Å². The molecule has 2 aliphatic rings. The molecule has 1 aliphatic heterocycles. The van der Waals surface area contributed by atoms with Crippen LogP contribution in [-0.2, 0) is 15.6 Å². The van der Waals surface area contributed by atoms with Crippen LogP contribution in [0.3, 0.4) is 0 Å². The maximum absolute atomic E-state index is 14.5. The van der Waals surface area contributed by atoms with Crippen LogP contribution in [0.25, 0.3) is 0 Å². The Hall–Kier alpha value is -2.46. The van der Waals surface area contributed by atoms with Crippen LogP contribution in [0.15, 0.2) is 42.5 Å². The van der Waals surface area contributed by atoms with Gasteiger partial charge in [0.2, 0.25) is 0 Å². The monoisotopic (exact) mass is 462 g/mol. The van der Waals surface area contributed by atoms with Crippen molar-refractivity contribution >= 4 is 0 Å². The Bertz CT molecular complexity index is 919. The van der Waals surface area contributed by atoms with E-state index in [9.17, 15) is 26.3 Å². The van der Waals surface area contributed by atoms with E-state index < -0.39 is 41.6 Å². The first-order valence-electron chi connectivity index (χ1n) is 10.1. The standard InChI is InChI=1S/C22H20F6O4/c23-18-10-17(8-9-19(18)32-22(26,27)28)31-21(24,25)16-6-4-14(5-7-16)20-29-11-15(12-30-20)13-2-1-3-13/h4-10,13,15,20H,1-3,11-12H2. The molecule has 32 heavy (non-hydrogen) atoms. The van der Waals surface area contributed by atoms with E-state index in [4.69, 9.17) is 9.47 Å². The van der Waals surface area contributed by atoms with Gasteiger partial charge in [0.15, 0.2) is 17.9 Å². The van der Waals surface area contributed by atoms with Crippen LogP contribution in [0.5, 0.6) is 11.5 Å². The molecular weight excluding hydrogens is 442 g/mol. The van der Waals surface area contributed by atoms with E-state index in [0.29, 0.717) is 42.7 Å². The summed E-state index contributed by atoms with van der Waals surface area (Å²) in [7, 11) is 0.